The average molecular weight is 370 g/mol. The number of carbonyl (C=O) groups is 1. The number of para-hydroxylation sites is 1. The van der Waals surface area contributed by atoms with Crippen molar-refractivity contribution in [1.29, 1.82) is 0 Å². The van der Waals surface area contributed by atoms with Crippen molar-refractivity contribution in [2.75, 3.05) is 6.61 Å². The number of hydrogen-bond donors (Lipinski definition) is 1. The van der Waals surface area contributed by atoms with Gasteiger partial charge in [-0.05, 0) is 43.2 Å². The van der Waals surface area contributed by atoms with E-state index in [0.717, 1.165) is 18.4 Å². The van der Waals surface area contributed by atoms with E-state index in [1.807, 2.05) is 6.07 Å². The molecule has 4 heteroatoms. The highest BCUT2D eigenvalue weighted by Gasteiger charge is 2.14. The number of aliphatic hydroxyl groups excluding tert-OH is 1. The lowest BCUT2D eigenvalue weighted by molar-refractivity contribution is 0.0730. The van der Waals surface area contributed by atoms with Crippen LogP contribution < -0.4 is 9.47 Å². The molecule has 0 spiro atoms. The average Bonchev–Trinajstić information content (AvgIpc) is 2.68. The molecule has 0 bridgehead atoms. The van der Waals surface area contributed by atoms with Crippen LogP contribution in [0.1, 0.15) is 74.4 Å². The summed E-state index contributed by atoms with van der Waals surface area (Å²) in [4.78, 5) is 12.5. The minimum absolute atomic E-state index is 0.420. The molecule has 0 heterocycles. The van der Waals surface area contributed by atoms with Gasteiger partial charge in [-0.3, -0.25) is 0 Å². The molecule has 4 nitrogen and oxygen atoms in total. The summed E-state index contributed by atoms with van der Waals surface area (Å²) in [6.07, 6.45) is 6.60. The first-order valence-electron chi connectivity index (χ1n) is 9.84. The number of carbonyl (C=O) groups excluding carboxylic acids is 1. The summed E-state index contributed by atoms with van der Waals surface area (Å²) in [5.74, 6) is 0.546. The van der Waals surface area contributed by atoms with Crippen molar-refractivity contribution in [1.82, 2.24) is 0 Å². The smallest absolute Gasteiger partial charge is 0.347 e. The molecular formula is C23H30O4. The normalized spacial score (nSPS) is 11.8. The lowest BCUT2D eigenvalue weighted by atomic mass is 10.1. The molecule has 0 aliphatic heterocycles. The first-order valence-corrected chi connectivity index (χ1v) is 9.84. The van der Waals surface area contributed by atoms with E-state index in [-0.39, 0.29) is 0 Å². The van der Waals surface area contributed by atoms with Gasteiger partial charge in [-0.15, -0.1) is 0 Å². The molecule has 0 amide bonds. The predicted octanol–water partition coefficient (Wildman–Crippen LogP) is 5.70. The van der Waals surface area contributed by atoms with E-state index in [9.17, 15) is 9.90 Å². The highest BCUT2D eigenvalue weighted by molar-refractivity contribution is 5.93. The molecule has 0 saturated heterocycles. The van der Waals surface area contributed by atoms with Gasteiger partial charge in [0.2, 0.25) is 0 Å². The molecular weight excluding hydrogens is 340 g/mol. The first kappa shape index (κ1) is 21.0. The van der Waals surface area contributed by atoms with Gasteiger partial charge < -0.3 is 14.6 Å². The first-order chi connectivity index (χ1) is 13.1. The summed E-state index contributed by atoms with van der Waals surface area (Å²) in [6.45, 7) is 4.50. The highest BCUT2D eigenvalue weighted by Crippen LogP contribution is 2.22. The van der Waals surface area contributed by atoms with Gasteiger partial charge in [0.15, 0.2) is 0 Å². The Balaban J connectivity index is 1.88. The zero-order valence-corrected chi connectivity index (χ0v) is 16.3. The van der Waals surface area contributed by atoms with Crippen molar-refractivity contribution in [2.45, 2.75) is 58.5 Å². The molecule has 1 atom stereocenters. The van der Waals surface area contributed by atoms with Crippen LogP contribution in [0.15, 0.2) is 48.5 Å². The third kappa shape index (κ3) is 7.06. The van der Waals surface area contributed by atoms with E-state index >= 15 is 0 Å². The minimum Gasteiger partial charge on any atom is -0.493 e. The molecule has 0 saturated carbocycles. The number of rotatable bonds is 11. The van der Waals surface area contributed by atoms with Crippen molar-refractivity contribution in [3.05, 3.63) is 59.7 Å². The quantitative estimate of drug-likeness (QED) is 0.313. The molecule has 1 unspecified atom stereocenters. The Labute approximate surface area is 162 Å². The Morgan fingerprint density at radius 3 is 2.33 bits per heavy atom. The second kappa shape index (κ2) is 11.4. The lowest BCUT2D eigenvalue weighted by Gasteiger charge is -2.11. The van der Waals surface area contributed by atoms with Crippen molar-refractivity contribution in [3.63, 3.8) is 0 Å². The second-order valence-electron chi connectivity index (χ2n) is 6.75. The molecule has 0 radical (unpaired) electrons. The Morgan fingerprint density at radius 1 is 0.963 bits per heavy atom. The summed E-state index contributed by atoms with van der Waals surface area (Å²) in [5, 5.41) is 9.55. The fourth-order valence-electron chi connectivity index (χ4n) is 2.80. The number of benzene rings is 2. The van der Waals surface area contributed by atoms with Crippen molar-refractivity contribution >= 4 is 5.97 Å². The Hall–Kier alpha value is -2.33. The van der Waals surface area contributed by atoms with Crippen LogP contribution in [-0.2, 0) is 0 Å². The molecule has 2 aromatic rings. The van der Waals surface area contributed by atoms with E-state index < -0.39 is 12.1 Å². The van der Waals surface area contributed by atoms with Gasteiger partial charge in [0.05, 0.1) is 12.7 Å². The van der Waals surface area contributed by atoms with Crippen LogP contribution in [0.4, 0.5) is 0 Å². The minimum atomic E-state index is -0.550. The summed E-state index contributed by atoms with van der Waals surface area (Å²) in [6, 6.07) is 14.0. The third-order valence-electron chi connectivity index (χ3n) is 4.44. The van der Waals surface area contributed by atoms with Crippen LogP contribution in [0.2, 0.25) is 0 Å². The third-order valence-corrected chi connectivity index (χ3v) is 4.44. The summed E-state index contributed by atoms with van der Waals surface area (Å²) in [7, 11) is 0. The monoisotopic (exact) mass is 370 g/mol. The molecule has 2 aromatic carbocycles. The molecule has 0 aromatic heterocycles. The number of esters is 1. The van der Waals surface area contributed by atoms with Crippen molar-refractivity contribution in [2.24, 2.45) is 0 Å². The predicted molar refractivity (Wildman–Crippen MR) is 107 cm³/mol. The number of hydrogen-bond acceptors (Lipinski definition) is 4. The van der Waals surface area contributed by atoms with Crippen LogP contribution >= 0.6 is 0 Å². The maximum Gasteiger partial charge on any atom is 0.347 e. The Kier molecular flexibility index (Phi) is 8.85. The zero-order valence-electron chi connectivity index (χ0n) is 16.3. The largest absolute Gasteiger partial charge is 0.493 e. The SMILES string of the molecule is CCCCCCCCOc1ccccc1C(=O)Oc1ccc(C(C)O)cc1. The van der Waals surface area contributed by atoms with E-state index in [2.05, 4.69) is 6.92 Å². The van der Waals surface area contributed by atoms with Gasteiger partial charge in [-0.2, -0.15) is 0 Å². The van der Waals surface area contributed by atoms with Crippen LogP contribution in [0.3, 0.4) is 0 Å². The molecule has 1 N–H and O–H groups in total. The number of ether oxygens (including phenoxy) is 2. The second-order valence-corrected chi connectivity index (χ2v) is 6.75. The summed E-state index contributed by atoms with van der Waals surface area (Å²) in [5.41, 5.74) is 1.19. The van der Waals surface area contributed by atoms with Crippen molar-refractivity contribution in [3.8, 4) is 11.5 Å². The van der Waals surface area contributed by atoms with Crippen LogP contribution in [0, 0.1) is 0 Å². The highest BCUT2D eigenvalue weighted by atomic mass is 16.5. The number of aliphatic hydroxyl groups is 1. The van der Waals surface area contributed by atoms with Crippen LogP contribution in [0.25, 0.3) is 0 Å². The van der Waals surface area contributed by atoms with E-state index in [4.69, 9.17) is 9.47 Å². The van der Waals surface area contributed by atoms with Crippen LogP contribution in [-0.4, -0.2) is 17.7 Å². The molecule has 0 aliphatic carbocycles. The van der Waals surface area contributed by atoms with E-state index in [0.29, 0.717) is 23.7 Å². The zero-order chi connectivity index (χ0) is 19.5. The van der Waals surface area contributed by atoms with Gasteiger partial charge in [0.1, 0.15) is 17.1 Å². The molecule has 0 fully saturated rings. The molecule has 0 aliphatic rings. The van der Waals surface area contributed by atoms with E-state index in [1.165, 1.54) is 25.7 Å². The lowest BCUT2D eigenvalue weighted by Crippen LogP contribution is -2.11. The van der Waals surface area contributed by atoms with Crippen LogP contribution in [0.5, 0.6) is 11.5 Å². The van der Waals surface area contributed by atoms with Gasteiger partial charge in [-0.25, -0.2) is 4.79 Å². The summed E-state index contributed by atoms with van der Waals surface area (Å²) < 4.78 is 11.3. The standard InChI is InChI=1S/C23H30O4/c1-3-4-5-6-7-10-17-26-22-12-9-8-11-21(22)23(25)27-20-15-13-19(14-16-20)18(2)24/h8-9,11-16,18,24H,3-7,10,17H2,1-2H3. The summed E-state index contributed by atoms with van der Waals surface area (Å²) >= 11 is 0. The fraction of sp³-hybridized carbons (Fsp3) is 0.435. The topological polar surface area (TPSA) is 55.8 Å². The molecule has 146 valence electrons. The Bertz CT molecular complexity index is 692. The van der Waals surface area contributed by atoms with E-state index in [1.54, 1.807) is 49.4 Å². The number of unbranched alkanes of at least 4 members (excludes halogenated alkanes) is 5. The maximum absolute atomic E-state index is 12.5. The molecule has 2 rings (SSSR count). The van der Waals surface area contributed by atoms with Gasteiger partial charge in [-0.1, -0.05) is 63.3 Å². The Morgan fingerprint density at radius 2 is 1.63 bits per heavy atom. The maximum atomic E-state index is 12.5. The van der Waals surface area contributed by atoms with Gasteiger partial charge in [0.25, 0.3) is 0 Å². The molecule has 27 heavy (non-hydrogen) atoms. The van der Waals surface area contributed by atoms with Crippen molar-refractivity contribution < 1.29 is 19.4 Å². The fourth-order valence-corrected chi connectivity index (χ4v) is 2.80. The van der Waals surface area contributed by atoms with Gasteiger partial charge in [0, 0.05) is 0 Å². The van der Waals surface area contributed by atoms with Gasteiger partial charge >= 0.3 is 5.97 Å².